The average Bonchev–Trinajstić information content (AvgIpc) is 2.37. The zero-order valence-electron chi connectivity index (χ0n) is 9.87. The predicted molar refractivity (Wildman–Crippen MR) is 61.0 cm³/mol. The summed E-state index contributed by atoms with van der Waals surface area (Å²) in [6.45, 7) is 0. The van der Waals surface area contributed by atoms with E-state index in [0.29, 0.717) is 0 Å². The van der Waals surface area contributed by atoms with E-state index < -0.39 is 18.1 Å². The lowest BCUT2D eigenvalue weighted by Crippen LogP contribution is -2.11. The van der Waals surface area contributed by atoms with Crippen LogP contribution in [0.2, 0.25) is 0 Å². The summed E-state index contributed by atoms with van der Waals surface area (Å²) < 4.78 is 35.0. The number of pyridine rings is 1. The lowest BCUT2D eigenvalue weighted by molar-refractivity contribution is -0.139. The third-order valence-electron chi connectivity index (χ3n) is 2.40. The van der Waals surface area contributed by atoms with E-state index in [0.717, 1.165) is 6.20 Å². The van der Waals surface area contributed by atoms with Crippen molar-refractivity contribution in [3.05, 3.63) is 23.0 Å². The molecule has 4 nitrogen and oxygen atoms in total. The van der Waals surface area contributed by atoms with Gasteiger partial charge in [-0.2, -0.15) is 0 Å². The summed E-state index contributed by atoms with van der Waals surface area (Å²) in [5.41, 5.74) is -0.0502. The van der Waals surface area contributed by atoms with Crippen LogP contribution in [-0.4, -0.2) is 25.2 Å². The lowest BCUT2D eigenvalue weighted by atomic mass is 10.0. The molecule has 100 valence electrons. The van der Waals surface area contributed by atoms with Gasteiger partial charge in [-0.1, -0.05) is 0 Å². The molecule has 1 aromatic rings. The molecule has 0 aliphatic carbocycles. The van der Waals surface area contributed by atoms with Crippen molar-refractivity contribution in [1.82, 2.24) is 4.98 Å². The van der Waals surface area contributed by atoms with Crippen molar-refractivity contribution in [2.24, 2.45) is 0 Å². The van der Waals surface area contributed by atoms with Crippen LogP contribution in [0.25, 0.3) is 0 Å². The first-order valence-corrected chi connectivity index (χ1v) is 5.54. The van der Waals surface area contributed by atoms with E-state index in [4.69, 9.17) is 16.3 Å². The average molecular weight is 280 g/mol. The summed E-state index contributed by atoms with van der Waals surface area (Å²) in [5, 5.41) is 0. The second-order valence-corrected chi connectivity index (χ2v) is 3.62. The molecule has 0 aliphatic rings. The van der Waals surface area contributed by atoms with Gasteiger partial charge in [0.05, 0.1) is 26.8 Å². The number of esters is 1. The molecule has 0 spiro atoms. The predicted octanol–water partition coefficient (Wildman–Crippen LogP) is 2.48. The molecule has 0 unspecified atom stereocenters. The van der Waals surface area contributed by atoms with E-state index in [1.807, 2.05) is 0 Å². The molecule has 0 bridgehead atoms. The van der Waals surface area contributed by atoms with Gasteiger partial charge in [0.1, 0.15) is 11.4 Å². The fraction of sp³-hybridized carbons (Fsp3) is 0.455. The normalized spacial score (nSPS) is 10.6. The van der Waals surface area contributed by atoms with E-state index >= 15 is 0 Å². The number of alkyl halides is 3. The number of rotatable bonds is 5. The van der Waals surface area contributed by atoms with Crippen molar-refractivity contribution in [2.45, 2.75) is 18.7 Å². The van der Waals surface area contributed by atoms with Crippen LogP contribution in [0.15, 0.2) is 6.20 Å². The van der Waals surface area contributed by atoms with E-state index in [1.165, 1.54) is 14.2 Å². The van der Waals surface area contributed by atoms with Crippen LogP contribution in [0.3, 0.4) is 0 Å². The summed E-state index contributed by atoms with van der Waals surface area (Å²) in [5.74, 6) is -0.512. The van der Waals surface area contributed by atoms with Gasteiger partial charge in [0.15, 0.2) is 0 Å². The van der Waals surface area contributed by atoms with Gasteiger partial charge in [0.2, 0.25) is 0 Å². The van der Waals surface area contributed by atoms with Gasteiger partial charge in [-0.25, -0.2) is 8.78 Å². The Morgan fingerprint density at radius 3 is 2.56 bits per heavy atom. The van der Waals surface area contributed by atoms with Crippen LogP contribution in [-0.2, 0) is 21.8 Å². The number of hydrogen-bond donors (Lipinski definition) is 0. The molecule has 0 N–H and O–H groups in total. The molecule has 0 saturated heterocycles. The van der Waals surface area contributed by atoms with Gasteiger partial charge in [0.25, 0.3) is 6.43 Å². The maximum atomic E-state index is 12.8. The number of halogens is 3. The van der Waals surface area contributed by atoms with Crippen LogP contribution < -0.4 is 4.74 Å². The molecule has 0 aromatic carbocycles. The smallest absolute Gasteiger partial charge is 0.310 e. The minimum atomic E-state index is -2.76. The summed E-state index contributed by atoms with van der Waals surface area (Å²) in [6, 6.07) is 0. The molecule has 0 aliphatic heterocycles. The molecule has 18 heavy (non-hydrogen) atoms. The SMILES string of the molecule is COC(=O)Cc1c(OC)cnc(C(F)F)c1CCl. The molecular formula is C11H12ClF2NO3. The van der Waals surface area contributed by atoms with Gasteiger partial charge >= 0.3 is 5.97 Å². The first-order chi connectivity index (χ1) is 8.54. The Kier molecular flexibility index (Phi) is 5.27. The van der Waals surface area contributed by atoms with E-state index in [1.54, 1.807) is 0 Å². The largest absolute Gasteiger partial charge is 0.495 e. The summed E-state index contributed by atoms with van der Waals surface area (Å²) in [4.78, 5) is 14.9. The van der Waals surface area contributed by atoms with Gasteiger partial charge in [-0.15, -0.1) is 11.6 Å². The summed E-state index contributed by atoms with van der Waals surface area (Å²) in [6.07, 6.45) is -1.80. The van der Waals surface area contributed by atoms with Gasteiger partial charge in [-0.05, 0) is 0 Å². The number of hydrogen-bond acceptors (Lipinski definition) is 4. The zero-order chi connectivity index (χ0) is 13.7. The fourth-order valence-electron chi connectivity index (χ4n) is 1.51. The molecule has 0 atom stereocenters. The second kappa shape index (κ2) is 6.49. The molecule has 1 rings (SSSR count). The summed E-state index contributed by atoms with van der Waals surface area (Å²) in [7, 11) is 2.57. The van der Waals surface area contributed by atoms with E-state index in [9.17, 15) is 13.6 Å². The fourth-order valence-corrected chi connectivity index (χ4v) is 1.81. The van der Waals surface area contributed by atoms with Crippen LogP contribution in [0.1, 0.15) is 23.2 Å². The van der Waals surface area contributed by atoms with Gasteiger partial charge < -0.3 is 9.47 Å². The monoisotopic (exact) mass is 279 g/mol. The maximum Gasteiger partial charge on any atom is 0.310 e. The Morgan fingerprint density at radius 2 is 2.11 bits per heavy atom. The van der Waals surface area contributed by atoms with Crippen LogP contribution in [0.5, 0.6) is 5.75 Å². The topological polar surface area (TPSA) is 48.4 Å². The van der Waals surface area contributed by atoms with Crippen molar-refractivity contribution >= 4 is 17.6 Å². The Bertz CT molecular complexity index is 441. The lowest BCUT2D eigenvalue weighted by Gasteiger charge is -2.14. The number of nitrogens with zero attached hydrogens (tertiary/aromatic N) is 1. The molecule has 7 heteroatoms. The Balaban J connectivity index is 3.32. The van der Waals surface area contributed by atoms with Crippen molar-refractivity contribution in [3.8, 4) is 5.75 Å². The van der Waals surface area contributed by atoms with Crippen LogP contribution >= 0.6 is 11.6 Å². The van der Waals surface area contributed by atoms with Crippen molar-refractivity contribution < 1.29 is 23.0 Å². The highest BCUT2D eigenvalue weighted by Crippen LogP contribution is 2.31. The first-order valence-electron chi connectivity index (χ1n) is 5.00. The Hall–Kier alpha value is -1.43. The van der Waals surface area contributed by atoms with Gasteiger partial charge in [0, 0.05) is 17.0 Å². The molecule has 0 radical (unpaired) electrons. The highest BCUT2D eigenvalue weighted by Gasteiger charge is 2.22. The second-order valence-electron chi connectivity index (χ2n) is 3.36. The number of methoxy groups -OCH3 is 2. The quantitative estimate of drug-likeness (QED) is 0.614. The molecule has 0 saturated carbocycles. The zero-order valence-corrected chi connectivity index (χ0v) is 10.6. The van der Waals surface area contributed by atoms with Crippen molar-refractivity contribution in [1.29, 1.82) is 0 Å². The highest BCUT2D eigenvalue weighted by atomic mass is 35.5. The van der Waals surface area contributed by atoms with Crippen molar-refractivity contribution in [3.63, 3.8) is 0 Å². The number of carbonyl (C=O) groups excluding carboxylic acids is 1. The molecule has 0 fully saturated rings. The van der Waals surface area contributed by atoms with Crippen LogP contribution in [0.4, 0.5) is 8.78 Å². The van der Waals surface area contributed by atoms with Crippen LogP contribution in [0, 0.1) is 0 Å². The molecular weight excluding hydrogens is 268 g/mol. The van der Waals surface area contributed by atoms with E-state index in [-0.39, 0.29) is 29.2 Å². The van der Waals surface area contributed by atoms with E-state index in [2.05, 4.69) is 9.72 Å². The number of carbonyl (C=O) groups is 1. The first kappa shape index (κ1) is 14.6. The molecule has 1 aromatic heterocycles. The standard InChI is InChI=1S/C11H12ClF2NO3/c1-17-8-5-15-10(11(13)14)7(4-12)6(8)3-9(16)18-2/h5,11H,3-4H2,1-2H3. The maximum absolute atomic E-state index is 12.8. The molecule has 0 amide bonds. The molecule has 1 heterocycles. The van der Waals surface area contributed by atoms with Gasteiger partial charge in [-0.3, -0.25) is 9.78 Å². The highest BCUT2D eigenvalue weighted by molar-refractivity contribution is 6.17. The number of ether oxygens (including phenoxy) is 2. The Morgan fingerprint density at radius 1 is 1.44 bits per heavy atom. The Labute approximate surface area is 108 Å². The third kappa shape index (κ3) is 3.07. The minimum absolute atomic E-state index is 0.108. The van der Waals surface area contributed by atoms with Crippen molar-refractivity contribution in [2.75, 3.05) is 14.2 Å². The third-order valence-corrected chi connectivity index (χ3v) is 2.67. The minimum Gasteiger partial charge on any atom is -0.495 e. The summed E-state index contributed by atoms with van der Waals surface area (Å²) >= 11 is 5.66. The number of aromatic nitrogens is 1.